The number of carbonyl (C=O) groups is 1. The standard InChI is InChI=1S/C12H23NO5S/c1-11(2,10(14)15)12(3,4)13-19(16,17)8-9-6-5-7-18-9/h9,13H,5-8H2,1-4H3,(H,14,15). The summed E-state index contributed by atoms with van der Waals surface area (Å²) in [5.74, 6) is -1.16. The molecule has 1 rings (SSSR count). The molecule has 1 heterocycles. The first kappa shape index (κ1) is 16.4. The van der Waals surface area contributed by atoms with Crippen molar-refractivity contribution in [2.24, 2.45) is 5.41 Å². The topological polar surface area (TPSA) is 92.7 Å². The fourth-order valence-corrected chi connectivity index (χ4v) is 3.71. The van der Waals surface area contributed by atoms with E-state index in [1.165, 1.54) is 13.8 Å². The summed E-state index contributed by atoms with van der Waals surface area (Å²) in [5.41, 5.74) is -2.30. The van der Waals surface area contributed by atoms with Crippen molar-refractivity contribution >= 4 is 16.0 Å². The van der Waals surface area contributed by atoms with Gasteiger partial charge in [-0.1, -0.05) is 0 Å². The number of rotatable bonds is 6. The smallest absolute Gasteiger partial charge is 0.310 e. The lowest BCUT2D eigenvalue weighted by molar-refractivity contribution is -0.150. The van der Waals surface area contributed by atoms with E-state index in [-0.39, 0.29) is 11.9 Å². The molecule has 1 aliphatic heterocycles. The van der Waals surface area contributed by atoms with Crippen molar-refractivity contribution in [3.05, 3.63) is 0 Å². The minimum Gasteiger partial charge on any atom is -0.481 e. The summed E-state index contributed by atoms with van der Waals surface area (Å²) in [4.78, 5) is 11.2. The molecule has 1 saturated heterocycles. The van der Waals surface area contributed by atoms with Crippen LogP contribution in [0.5, 0.6) is 0 Å². The van der Waals surface area contributed by atoms with Gasteiger partial charge >= 0.3 is 5.97 Å². The van der Waals surface area contributed by atoms with Crippen LogP contribution in [0, 0.1) is 5.41 Å². The van der Waals surface area contributed by atoms with E-state index in [4.69, 9.17) is 4.74 Å². The lowest BCUT2D eigenvalue weighted by Gasteiger charge is -2.38. The molecule has 1 atom stereocenters. The summed E-state index contributed by atoms with van der Waals surface area (Å²) in [5, 5.41) is 9.20. The summed E-state index contributed by atoms with van der Waals surface area (Å²) in [6, 6.07) is 0. The second-order valence-electron chi connectivity index (χ2n) is 6.07. The Morgan fingerprint density at radius 2 is 1.95 bits per heavy atom. The van der Waals surface area contributed by atoms with Gasteiger partial charge in [0.25, 0.3) is 0 Å². The molecule has 0 saturated carbocycles. The SMILES string of the molecule is CC(C)(NS(=O)(=O)CC1CCCO1)C(C)(C)C(=O)O. The number of hydrogen-bond donors (Lipinski definition) is 2. The Bertz CT molecular complexity index is 435. The predicted molar refractivity (Wildman–Crippen MR) is 71.4 cm³/mol. The molecule has 0 aliphatic carbocycles. The summed E-state index contributed by atoms with van der Waals surface area (Å²) >= 11 is 0. The number of carboxylic acid groups (broad SMARTS) is 1. The van der Waals surface area contributed by atoms with Gasteiger partial charge in [-0.05, 0) is 40.5 Å². The highest BCUT2D eigenvalue weighted by molar-refractivity contribution is 7.89. The third kappa shape index (κ3) is 3.90. The van der Waals surface area contributed by atoms with Crippen LogP contribution in [0.2, 0.25) is 0 Å². The van der Waals surface area contributed by atoms with Gasteiger partial charge in [0.05, 0.1) is 17.3 Å². The Morgan fingerprint density at radius 3 is 2.37 bits per heavy atom. The van der Waals surface area contributed by atoms with E-state index in [1.54, 1.807) is 13.8 Å². The highest BCUT2D eigenvalue weighted by atomic mass is 32.2. The van der Waals surface area contributed by atoms with Crippen LogP contribution >= 0.6 is 0 Å². The summed E-state index contributed by atoms with van der Waals surface area (Å²) < 4.78 is 32.0. The van der Waals surface area contributed by atoms with Crippen LogP contribution in [0.15, 0.2) is 0 Å². The van der Waals surface area contributed by atoms with E-state index < -0.39 is 26.9 Å². The molecule has 112 valence electrons. The van der Waals surface area contributed by atoms with Gasteiger partial charge in [-0.3, -0.25) is 4.79 Å². The number of carboxylic acids is 1. The second-order valence-corrected chi connectivity index (χ2v) is 7.84. The van der Waals surface area contributed by atoms with Crippen LogP contribution in [0.3, 0.4) is 0 Å². The van der Waals surface area contributed by atoms with Gasteiger partial charge in [-0.2, -0.15) is 0 Å². The van der Waals surface area contributed by atoms with Crippen LogP contribution < -0.4 is 4.72 Å². The molecule has 1 unspecified atom stereocenters. The second kappa shape index (κ2) is 5.38. The largest absolute Gasteiger partial charge is 0.481 e. The zero-order valence-corrected chi connectivity index (χ0v) is 12.7. The molecule has 0 aromatic rings. The minimum absolute atomic E-state index is 0.119. The number of aliphatic carboxylic acids is 1. The number of sulfonamides is 1. The van der Waals surface area contributed by atoms with E-state index in [1.807, 2.05) is 0 Å². The maximum absolute atomic E-state index is 12.1. The van der Waals surface area contributed by atoms with Gasteiger partial charge in [-0.25, -0.2) is 13.1 Å². The molecule has 0 aromatic carbocycles. The molecular formula is C12H23NO5S. The number of hydrogen-bond acceptors (Lipinski definition) is 4. The van der Waals surface area contributed by atoms with Crippen LogP contribution in [0.1, 0.15) is 40.5 Å². The molecule has 0 radical (unpaired) electrons. The molecular weight excluding hydrogens is 270 g/mol. The summed E-state index contributed by atoms with van der Waals surface area (Å²) in [6.45, 7) is 6.75. The van der Waals surface area contributed by atoms with Crippen LogP contribution in [-0.4, -0.2) is 43.5 Å². The third-order valence-corrected chi connectivity index (χ3v) is 5.57. The number of nitrogens with one attached hydrogen (secondary N) is 1. The highest BCUT2D eigenvalue weighted by Gasteiger charge is 2.46. The lowest BCUT2D eigenvalue weighted by Crippen LogP contribution is -2.57. The molecule has 2 N–H and O–H groups in total. The van der Waals surface area contributed by atoms with Gasteiger partial charge in [-0.15, -0.1) is 0 Å². The van der Waals surface area contributed by atoms with Crippen LogP contribution in [0.25, 0.3) is 0 Å². The molecule has 1 fully saturated rings. The average molecular weight is 293 g/mol. The molecule has 19 heavy (non-hydrogen) atoms. The molecule has 0 spiro atoms. The van der Waals surface area contributed by atoms with E-state index in [0.717, 1.165) is 12.8 Å². The third-order valence-electron chi connectivity index (χ3n) is 3.94. The van der Waals surface area contributed by atoms with Crippen LogP contribution in [0.4, 0.5) is 0 Å². The van der Waals surface area contributed by atoms with Gasteiger partial charge < -0.3 is 9.84 Å². The Kier molecular flexibility index (Phi) is 4.64. The van der Waals surface area contributed by atoms with Gasteiger partial charge in [0.15, 0.2) is 0 Å². The minimum atomic E-state index is -3.58. The maximum atomic E-state index is 12.1. The molecule has 0 aromatic heterocycles. The van der Waals surface area contributed by atoms with Crippen molar-refractivity contribution in [1.29, 1.82) is 0 Å². The summed E-state index contributed by atoms with van der Waals surface area (Å²) in [7, 11) is -3.58. The van der Waals surface area contributed by atoms with Crippen molar-refractivity contribution in [1.82, 2.24) is 4.72 Å². The van der Waals surface area contributed by atoms with Gasteiger partial charge in [0.2, 0.25) is 10.0 Å². The first-order valence-electron chi connectivity index (χ1n) is 6.34. The van der Waals surface area contributed by atoms with Crippen LogP contribution in [-0.2, 0) is 19.6 Å². The first-order chi connectivity index (χ1) is 8.48. The molecule has 1 aliphatic rings. The Morgan fingerprint density at radius 1 is 1.37 bits per heavy atom. The normalized spacial score (nSPS) is 21.6. The molecule has 0 bridgehead atoms. The van der Waals surface area contributed by atoms with Gasteiger partial charge in [0.1, 0.15) is 0 Å². The Hall–Kier alpha value is -0.660. The van der Waals surface area contributed by atoms with E-state index in [2.05, 4.69) is 4.72 Å². The monoisotopic (exact) mass is 293 g/mol. The molecule has 0 amide bonds. The molecule has 7 heteroatoms. The number of ether oxygens (including phenoxy) is 1. The zero-order valence-electron chi connectivity index (χ0n) is 11.9. The predicted octanol–water partition coefficient (Wildman–Crippen LogP) is 0.974. The quantitative estimate of drug-likeness (QED) is 0.761. The maximum Gasteiger partial charge on any atom is 0.310 e. The summed E-state index contributed by atoms with van der Waals surface area (Å²) in [6.07, 6.45) is 1.30. The highest BCUT2D eigenvalue weighted by Crippen LogP contribution is 2.31. The van der Waals surface area contributed by atoms with Crippen molar-refractivity contribution in [2.75, 3.05) is 12.4 Å². The van der Waals surface area contributed by atoms with Crippen molar-refractivity contribution in [3.8, 4) is 0 Å². The van der Waals surface area contributed by atoms with E-state index in [9.17, 15) is 18.3 Å². The molecule has 6 nitrogen and oxygen atoms in total. The fraction of sp³-hybridized carbons (Fsp3) is 0.917. The van der Waals surface area contributed by atoms with E-state index >= 15 is 0 Å². The van der Waals surface area contributed by atoms with Crippen molar-refractivity contribution in [2.45, 2.75) is 52.2 Å². The fourth-order valence-electron chi connectivity index (χ4n) is 1.85. The van der Waals surface area contributed by atoms with E-state index in [0.29, 0.717) is 6.61 Å². The van der Waals surface area contributed by atoms with Crippen molar-refractivity contribution < 1.29 is 23.1 Å². The average Bonchev–Trinajstić information content (AvgIpc) is 2.66. The lowest BCUT2D eigenvalue weighted by atomic mass is 9.75. The van der Waals surface area contributed by atoms with Crippen molar-refractivity contribution in [3.63, 3.8) is 0 Å². The Labute approximate surface area is 114 Å². The Balaban J connectivity index is 2.78. The zero-order chi connectivity index (χ0) is 14.9. The first-order valence-corrected chi connectivity index (χ1v) is 8.00. The van der Waals surface area contributed by atoms with Gasteiger partial charge in [0, 0.05) is 12.1 Å².